The molecule has 1 aliphatic heterocycles. The van der Waals surface area contributed by atoms with E-state index in [9.17, 15) is 9.59 Å². The van der Waals surface area contributed by atoms with Crippen molar-refractivity contribution in [1.29, 1.82) is 0 Å². The molecule has 25 heavy (non-hydrogen) atoms. The average molecular weight is 350 g/mol. The number of aryl methyl sites for hydroxylation is 1. The molecule has 2 rings (SSSR count). The number of amides is 2. The highest BCUT2D eigenvalue weighted by Crippen LogP contribution is 2.22. The van der Waals surface area contributed by atoms with Crippen LogP contribution in [0, 0.1) is 0 Å². The molecule has 0 saturated carbocycles. The van der Waals surface area contributed by atoms with Crippen molar-refractivity contribution in [2.24, 2.45) is 0 Å². The molecule has 0 bridgehead atoms. The second-order valence-corrected chi connectivity index (χ2v) is 6.79. The lowest BCUT2D eigenvalue weighted by Crippen LogP contribution is -2.48. The monoisotopic (exact) mass is 350 g/mol. The average Bonchev–Trinajstić information content (AvgIpc) is 2.87. The molecule has 2 amide bonds. The summed E-state index contributed by atoms with van der Waals surface area (Å²) < 4.78 is 12.2. The van der Waals surface area contributed by atoms with Crippen LogP contribution in [0.25, 0.3) is 6.08 Å². The van der Waals surface area contributed by atoms with Crippen molar-refractivity contribution in [1.82, 2.24) is 15.1 Å². The van der Waals surface area contributed by atoms with Crippen LogP contribution in [0.15, 0.2) is 12.3 Å². The number of ether oxygens (including phenoxy) is 2. The van der Waals surface area contributed by atoms with Gasteiger partial charge in [0.25, 0.3) is 5.91 Å². The maximum absolute atomic E-state index is 12.7. The van der Waals surface area contributed by atoms with Crippen LogP contribution in [-0.4, -0.2) is 47.1 Å². The van der Waals surface area contributed by atoms with Crippen molar-refractivity contribution in [3.8, 4) is 0 Å². The van der Waals surface area contributed by atoms with E-state index >= 15 is 0 Å². The van der Waals surface area contributed by atoms with Gasteiger partial charge in [0.05, 0.1) is 18.6 Å². The number of carbonyl (C=O) groups is 2. The highest BCUT2D eigenvalue weighted by Gasteiger charge is 2.31. The molecular weight excluding hydrogens is 324 g/mol. The largest absolute Gasteiger partial charge is 0.501 e. The quantitative estimate of drug-likeness (QED) is 0.841. The number of hydrogen-bond donors (Lipinski definition) is 1. The minimum absolute atomic E-state index is 0.204. The van der Waals surface area contributed by atoms with E-state index in [1.54, 1.807) is 44.8 Å². The number of rotatable bonds is 4. The Hall–Kier alpha value is -2.51. The summed E-state index contributed by atoms with van der Waals surface area (Å²) in [6, 6.07) is 1.16. The number of likely N-dealkylation sites (N-methyl/N-ethyl adjacent to an activating group) is 1. The Morgan fingerprint density at radius 3 is 2.84 bits per heavy atom. The lowest BCUT2D eigenvalue weighted by atomic mass is 10.2. The number of aromatic nitrogens is 2. The Morgan fingerprint density at radius 1 is 1.48 bits per heavy atom. The van der Waals surface area contributed by atoms with Crippen molar-refractivity contribution in [3.05, 3.63) is 18.0 Å². The molecule has 1 N–H and O–H groups in total. The number of hydrogen-bond acceptors (Lipinski definition) is 5. The second kappa shape index (κ2) is 7.58. The van der Waals surface area contributed by atoms with Crippen LogP contribution in [0.4, 0.5) is 10.6 Å². The Balaban J connectivity index is 2.08. The van der Waals surface area contributed by atoms with Gasteiger partial charge in [0.15, 0.2) is 0 Å². The van der Waals surface area contributed by atoms with E-state index in [4.69, 9.17) is 9.47 Å². The van der Waals surface area contributed by atoms with Gasteiger partial charge in [-0.25, -0.2) is 9.48 Å². The minimum atomic E-state index is -0.649. The number of anilines is 1. The molecule has 2 heterocycles. The van der Waals surface area contributed by atoms with Gasteiger partial charge < -0.3 is 14.8 Å². The summed E-state index contributed by atoms with van der Waals surface area (Å²) >= 11 is 0. The van der Waals surface area contributed by atoms with Crippen LogP contribution in [-0.2, 0) is 20.8 Å². The van der Waals surface area contributed by atoms with Crippen LogP contribution in [0.5, 0.6) is 0 Å². The van der Waals surface area contributed by atoms with E-state index in [-0.39, 0.29) is 5.91 Å². The number of alkyl carbamates (subject to hydrolysis) is 1. The maximum Gasteiger partial charge on any atom is 0.408 e. The molecule has 8 nitrogen and oxygen atoms in total. The predicted molar refractivity (Wildman–Crippen MR) is 94.1 cm³/mol. The van der Waals surface area contributed by atoms with Gasteiger partial charge in [-0.1, -0.05) is 0 Å². The van der Waals surface area contributed by atoms with Gasteiger partial charge >= 0.3 is 6.09 Å². The third-order valence-electron chi connectivity index (χ3n) is 3.57. The number of carbonyl (C=O) groups excluding carboxylic acids is 2. The molecule has 1 aromatic rings. The van der Waals surface area contributed by atoms with Crippen molar-refractivity contribution in [2.75, 3.05) is 18.6 Å². The third-order valence-corrected chi connectivity index (χ3v) is 3.57. The summed E-state index contributed by atoms with van der Waals surface area (Å²) in [4.78, 5) is 26.1. The zero-order chi connectivity index (χ0) is 18.6. The fourth-order valence-electron chi connectivity index (χ4n) is 2.46. The van der Waals surface area contributed by atoms with Crippen molar-refractivity contribution < 1.29 is 19.1 Å². The smallest absolute Gasteiger partial charge is 0.408 e. The normalized spacial score (nSPS) is 18.0. The van der Waals surface area contributed by atoms with Crippen LogP contribution in [0.1, 0.15) is 39.8 Å². The first-order valence-electron chi connectivity index (χ1n) is 8.34. The molecule has 1 unspecified atom stereocenters. The first kappa shape index (κ1) is 18.8. The van der Waals surface area contributed by atoms with E-state index < -0.39 is 17.7 Å². The molecule has 1 aliphatic rings. The van der Waals surface area contributed by atoms with Crippen LogP contribution >= 0.6 is 0 Å². The van der Waals surface area contributed by atoms with E-state index in [0.29, 0.717) is 31.1 Å². The summed E-state index contributed by atoms with van der Waals surface area (Å²) in [6.45, 7) is 8.33. The van der Waals surface area contributed by atoms with Gasteiger partial charge in [-0.15, -0.1) is 0 Å². The lowest BCUT2D eigenvalue weighted by Gasteiger charge is -2.24. The van der Waals surface area contributed by atoms with Crippen LogP contribution in [0.2, 0.25) is 0 Å². The lowest BCUT2D eigenvalue weighted by molar-refractivity contribution is -0.120. The Bertz CT molecular complexity index is 660. The molecule has 0 saturated heterocycles. The molecular formula is C17H26N4O4. The zero-order valence-corrected chi connectivity index (χ0v) is 15.4. The van der Waals surface area contributed by atoms with Crippen molar-refractivity contribution in [3.63, 3.8) is 0 Å². The van der Waals surface area contributed by atoms with Crippen molar-refractivity contribution in [2.45, 2.75) is 52.3 Å². The maximum atomic E-state index is 12.7. The molecule has 0 aliphatic carbocycles. The van der Waals surface area contributed by atoms with Gasteiger partial charge in [0, 0.05) is 25.7 Å². The predicted octanol–water partition coefficient (Wildman–Crippen LogP) is 2.15. The summed E-state index contributed by atoms with van der Waals surface area (Å²) in [5.41, 5.74) is 0.0972. The molecule has 0 radical (unpaired) electrons. The molecule has 138 valence electrons. The SMILES string of the molecule is CCO/C=C/c1cc2n(n1)CCC(NC(=O)OC(C)(C)C)C(=O)N2C. The van der Waals surface area contributed by atoms with Crippen LogP contribution < -0.4 is 10.2 Å². The molecule has 1 atom stereocenters. The van der Waals surface area contributed by atoms with Crippen molar-refractivity contribution >= 4 is 23.9 Å². The van der Waals surface area contributed by atoms with E-state index in [1.807, 2.05) is 13.0 Å². The topological polar surface area (TPSA) is 85.7 Å². The Labute approximate surface area is 147 Å². The first-order chi connectivity index (χ1) is 11.7. The number of fused-ring (bicyclic) bond motifs is 1. The fraction of sp³-hybridized carbons (Fsp3) is 0.588. The standard InChI is InChI=1S/C17H26N4O4/c1-6-24-10-8-12-11-14-20(5)15(22)13(7-9-21(14)19-12)18-16(23)25-17(2,3)4/h8,10-11,13H,6-7,9H2,1-5H3,(H,18,23)/b10-8+. The molecule has 0 fully saturated rings. The van der Waals surface area contributed by atoms with E-state index in [1.165, 1.54) is 4.90 Å². The van der Waals surface area contributed by atoms with Gasteiger partial charge in [0.2, 0.25) is 0 Å². The van der Waals surface area contributed by atoms with Crippen LogP contribution in [0.3, 0.4) is 0 Å². The first-order valence-corrected chi connectivity index (χ1v) is 8.34. The summed E-state index contributed by atoms with van der Waals surface area (Å²) in [6.07, 6.45) is 3.17. The minimum Gasteiger partial charge on any atom is -0.501 e. The molecule has 1 aromatic heterocycles. The molecule has 8 heteroatoms. The highest BCUT2D eigenvalue weighted by molar-refractivity contribution is 5.98. The van der Waals surface area contributed by atoms with Gasteiger partial charge in [-0.3, -0.25) is 9.69 Å². The third kappa shape index (κ3) is 4.98. The highest BCUT2D eigenvalue weighted by atomic mass is 16.6. The van der Waals surface area contributed by atoms with Gasteiger partial charge in [-0.05, 0) is 34.1 Å². The molecule has 0 spiro atoms. The number of nitrogens with one attached hydrogen (secondary N) is 1. The Kier molecular flexibility index (Phi) is 5.71. The van der Waals surface area contributed by atoms with Gasteiger partial charge in [0.1, 0.15) is 17.5 Å². The summed E-state index contributed by atoms with van der Waals surface area (Å²) in [5.74, 6) is 0.472. The van der Waals surface area contributed by atoms with Gasteiger partial charge in [-0.2, -0.15) is 5.10 Å². The summed E-state index contributed by atoms with van der Waals surface area (Å²) in [5, 5.41) is 7.10. The summed E-state index contributed by atoms with van der Waals surface area (Å²) in [7, 11) is 1.67. The Morgan fingerprint density at radius 2 is 2.20 bits per heavy atom. The van der Waals surface area contributed by atoms with E-state index in [2.05, 4.69) is 10.4 Å². The second-order valence-electron chi connectivity index (χ2n) is 6.79. The zero-order valence-electron chi connectivity index (χ0n) is 15.4. The molecule has 0 aromatic carbocycles. The number of nitrogens with zero attached hydrogens (tertiary/aromatic N) is 3. The fourth-order valence-corrected chi connectivity index (χ4v) is 2.46. The van der Waals surface area contributed by atoms with E-state index in [0.717, 1.165) is 0 Å².